The first kappa shape index (κ1) is 13.8. The van der Waals surface area contributed by atoms with Crippen LogP contribution >= 0.6 is 0 Å². The Morgan fingerprint density at radius 3 is 2.47 bits per heavy atom. The molecule has 3 heteroatoms. The van der Waals surface area contributed by atoms with Crippen LogP contribution in [-0.4, -0.2) is 11.8 Å². The summed E-state index contributed by atoms with van der Waals surface area (Å²) in [7, 11) is 0. The highest BCUT2D eigenvalue weighted by atomic mass is 16.2. The number of benzene rings is 1. The second-order valence-corrected chi connectivity index (χ2v) is 5.99. The third-order valence-corrected chi connectivity index (χ3v) is 4.52. The summed E-state index contributed by atoms with van der Waals surface area (Å²) in [6.07, 6.45) is 1.11. The fourth-order valence-electron chi connectivity index (χ4n) is 2.82. The molecule has 2 atom stereocenters. The number of carbonyl (C=O) groups is 2. The molecule has 2 amide bonds. The highest BCUT2D eigenvalue weighted by Crippen LogP contribution is 2.42. The van der Waals surface area contributed by atoms with Crippen LogP contribution in [-0.2, 0) is 16.0 Å². The summed E-state index contributed by atoms with van der Waals surface area (Å²) in [5.41, 5.74) is 0.874. The van der Waals surface area contributed by atoms with Gasteiger partial charge in [-0.1, -0.05) is 51.1 Å². The normalized spacial score (nSPS) is 27.5. The van der Waals surface area contributed by atoms with E-state index in [1.54, 1.807) is 0 Å². The predicted octanol–water partition coefficient (Wildman–Crippen LogP) is 2.55. The fourth-order valence-corrected chi connectivity index (χ4v) is 2.82. The third-order valence-electron chi connectivity index (χ3n) is 4.52. The quantitative estimate of drug-likeness (QED) is 0.848. The summed E-state index contributed by atoms with van der Waals surface area (Å²) in [5.74, 6) is -0.134. The van der Waals surface area contributed by atoms with E-state index < -0.39 is 0 Å². The molecule has 2 unspecified atom stereocenters. The van der Waals surface area contributed by atoms with E-state index in [4.69, 9.17) is 0 Å². The number of nitrogens with one attached hydrogen (secondary N) is 1. The van der Waals surface area contributed by atoms with Crippen molar-refractivity contribution in [3.63, 3.8) is 0 Å². The van der Waals surface area contributed by atoms with E-state index in [0.717, 1.165) is 5.56 Å². The smallest absolute Gasteiger partial charge is 0.230 e. The molecule has 0 bridgehead atoms. The minimum Gasteiger partial charge on any atom is -0.296 e. The molecule has 102 valence electrons. The zero-order chi connectivity index (χ0) is 14.0. The Morgan fingerprint density at radius 1 is 1.26 bits per heavy atom. The van der Waals surface area contributed by atoms with Gasteiger partial charge < -0.3 is 0 Å². The lowest BCUT2D eigenvalue weighted by Gasteiger charge is -2.43. The average Bonchev–Trinajstić information content (AvgIpc) is 2.35. The molecular formula is C16H21NO2. The van der Waals surface area contributed by atoms with Gasteiger partial charge in [0.2, 0.25) is 11.8 Å². The molecule has 1 aliphatic heterocycles. The second-order valence-electron chi connectivity index (χ2n) is 5.99. The van der Waals surface area contributed by atoms with E-state index >= 15 is 0 Å². The Morgan fingerprint density at radius 2 is 1.89 bits per heavy atom. The Bertz CT molecular complexity index is 481. The van der Waals surface area contributed by atoms with Gasteiger partial charge in [-0.25, -0.2) is 0 Å². The summed E-state index contributed by atoms with van der Waals surface area (Å²) in [6.45, 7) is 6.23. The maximum Gasteiger partial charge on any atom is 0.230 e. The van der Waals surface area contributed by atoms with Crippen molar-refractivity contribution in [3.8, 4) is 0 Å². The van der Waals surface area contributed by atoms with E-state index in [1.807, 2.05) is 30.3 Å². The second kappa shape index (κ2) is 5.16. The molecule has 0 aromatic heterocycles. The van der Waals surface area contributed by atoms with Crippen LogP contribution in [0.4, 0.5) is 0 Å². The van der Waals surface area contributed by atoms with Crippen molar-refractivity contribution in [2.24, 2.45) is 17.3 Å². The van der Waals surface area contributed by atoms with Gasteiger partial charge in [0.1, 0.15) is 0 Å². The molecule has 0 radical (unpaired) electrons. The molecule has 0 saturated carbocycles. The first-order valence-corrected chi connectivity index (χ1v) is 6.81. The van der Waals surface area contributed by atoms with Gasteiger partial charge in [0, 0.05) is 12.3 Å². The maximum atomic E-state index is 12.2. The largest absolute Gasteiger partial charge is 0.296 e. The van der Waals surface area contributed by atoms with Crippen LogP contribution in [0.5, 0.6) is 0 Å². The molecule has 19 heavy (non-hydrogen) atoms. The van der Waals surface area contributed by atoms with Crippen LogP contribution in [0.3, 0.4) is 0 Å². The van der Waals surface area contributed by atoms with Crippen molar-refractivity contribution >= 4 is 11.8 Å². The molecule has 1 N–H and O–H groups in total. The van der Waals surface area contributed by atoms with Gasteiger partial charge in [-0.05, 0) is 23.3 Å². The van der Waals surface area contributed by atoms with Crippen LogP contribution in [0.2, 0.25) is 0 Å². The molecule has 2 rings (SSSR count). The Kier molecular flexibility index (Phi) is 3.74. The summed E-state index contributed by atoms with van der Waals surface area (Å²) in [5, 5.41) is 2.48. The van der Waals surface area contributed by atoms with Crippen molar-refractivity contribution in [1.29, 1.82) is 0 Å². The zero-order valence-corrected chi connectivity index (χ0v) is 11.8. The first-order valence-electron chi connectivity index (χ1n) is 6.81. The van der Waals surface area contributed by atoms with Crippen LogP contribution in [0.25, 0.3) is 0 Å². The topological polar surface area (TPSA) is 46.2 Å². The van der Waals surface area contributed by atoms with Crippen LogP contribution < -0.4 is 5.32 Å². The van der Waals surface area contributed by atoms with Gasteiger partial charge in [0.15, 0.2) is 0 Å². The monoisotopic (exact) mass is 259 g/mol. The molecule has 1 fully saturated rings. The molecule has 0 spiro atoms. The van der Waals surface area contributed by atoms with Crippen molar-refractivity contribution in [2.45, 2.75) is 33.6 Å². The Balaban J connectivity index is 2.29. The molecular weight excluding hydrogens is 238 g/mol. The Labute approximate surface area is 114 Å². The number of hydrogen-bond donors (Lipinski definition) is 1. The van der Waals surface area contributed by atoms with E-state index in [-0.39, 0.29) is 29.1 Å². The number of amides is 2. The van der Waals surface area contributed by atoms with Crippen molar-refractivity contribution in [2.75, 3.05) is 0 Å². The number of rotatable bonds is 3. The standard InChI is InChI=1S/C16H21NO2/c1-11(2)16(3)10-14(18)17-15(19)13(16)9-12-7-5-4-6-8-12/h4-8,11,13H,9-10H2,1-3H3,(H,17,18,19). The maximum absolute atomic E-state index is 12.2. The van der Waals surface area contributed by atoms with Gasteiger partial charge in [-0.15, -0.1) is 0 Å². The van der Waals surface area contributed by atoms with Crippen molar-refractivity contribution < 1.29 is 9.59 Å². The molecule has 1 heterocycles. The fraction of sp³-hybridized carbons (Fsp3) is 0.500. The minimum atomic E-state index is -0.269. The number of piperidine rings is 1. The predicted molar refractivity (Wildman–Crippen MR) is 74.3 cm³/mol. The summed E-state index contributed by atoms with van der Waals surface area (Å²) in [6, 6.07) is 9.99. The van der Waals surface area contributed by atoms with Crippen molar-refractivity contribution in [3.05, 3.63) is 35.9 Å². The average molecular weight is 259 g/mol. The highest BCUT2D eigenvalue weighted by molar-refractivity contribution is 5.99. The molecule has 3 nitrogen and oxygen atoms in total. The summed E-state index contributed by atoms with van der Waals surface area (Å²) < 4.78 is 0. The molecule has 1 saturated heterocycles. The number of carbonyl (C=O) groups excluding carboxylic acids is 2. The molecule has 1 aromatic rings. The Hall–Kier alpha value is -1.64. The first-order chi connectivity index (χ1) is 8.93. The third kappa shape index (κ3) is 2.70. The van der Waals surface area contributed by atoms with E-state index in [1.165, 1.54) is 0 Å². The molecule has 1 aromatic carbocycles. The van der Waals surface area contributed by atoms with Gasteiger partial charge in [-0.3, -0.25) is 14.9 Å². The lowest BCUT2D eigenvalue weighted by atomic mass is 9.63. The van der Waals surface area contributed by atoms with E-state index in [0.29, 0.717) is 12.8 Å². The van der Waals surface area contributed by atoms with E-state index in [2.05, 4.69) is 26.1 Å². The summed E-state index contributed by atoms with van der Waals surface area (Å²) >= 11 is 0. The highest BCUT2D eigenvalue weighted by Gasteiger charge is 2.46. The SMILES string of the molecule is CC(C)C1(C)CC(=O)NC(=O)C1Cc1ccccc1. The van der Waals surface area contributed by atoms with Crippen LogP contribution in [0.15, 0.2) is 30.3 Å². The zero-order valence-electron chi connectivity index (χ0n) is 11.8. The van der Waals surface area contributed by atoms with Crippen LogP contribution in [0, 0.1) is 17.3 Å². The van der Waals surface area contributed by atoms with Gasteiger partial charge in [0.25, 0.3) is 0 Å². The number of hydrogen-bond acceptors (Lipinski definition) is 2. The van der Waals surface area contributed by atoms with Crippen molar-refractivity contribution in [1.82, 2.24) is 5.32 Å². The van der Waals surface area contributed by atoms with Gasteiger partial charge in [0.05, 0.1) is 0 Å². The molecule has 1 aliphatic rings. The lowest BCUT2D eigenvalue weighted by molar-refractivity contribution is -0.145. The number of imide groups is 1. The van der Waals surface area contributed by atoms with Gasteiger partial charge in [-0.2, -0.15) is 0 Å². The van der Waals surface area contributed by atoms with E-state index in [9.17, 15) is 9.59 Å². The lowest BCUT2D eigenvalue weighted by Crippen LogP contribution is -2.53. The van der Waals surface area contributed by atoms with Gasteiger partial charge >= 0.3 is 0 Å². The molecule has 0 aliphatic carbocycles. The minimum absolute atomic E-state index is 0.128. The van der Waals surface area contributed by atoms with Crippen LogP contribution in [0.1, 0.15) is 32.8 Å². The summed E-state index contributed by atoms with van der Waals surface area (Å²) in [4.78, 5) is 23.9.